The maximum atomic E-state index is 11.5. The molecular formula is C26H38N6O3. The van der Waals surface area contributed by atoms with Crippen LogP contribution in [0.3, 0.4) is 0 Å². The summed E-state index contributed by atoms with van der Waals surface area (Å²) in [4.78, 5) is 24.7. The molecule has 0 spiro atoms. The highest BCUT2D eigenvalue weighted by atomic mass is 16.5. The van der Waals surface area contributed by atoms with E-state index >= 15 is 0 Å². The van der Waals surface area contributed by atoms with Gasteiger partial charge in [0, 0.05) is 30.8 Å². The molecule has 2 amide bonds. The van der Waals surface area contributed by atoms with Crippen molar-refractivity contribution in [2.24, 2.45) is 4.99 Å². The summed E-state index contributed by atoms with van der Waals surface area (Å²) in [7, 11) is 0. The average Bonchev–Trinajstić information content (AvgIpc) is 3.18. The Morgan fingerprint density at radius 3 is 2.80 bits per heavy atom. The zero-order chi connectivity index (χ0) is 25.2. The van der Waals surface area contributed by atoms with Crippen molar-refractivity contribution in [3.05, 3.63) is 24.0 Å². The standard InChI is InChI=1S/C26H38N6O3/c1-5-14-32-22(17-34-6-2)31-23-24(32)20-16-19(11-12-21(20)30-25(23)27)35-15-10-8-7-9-13-28-26(33)29-18(3)4/h11-13,16,18H,5-10,14-15,17H2,1-4H3,(H2,27,30)(H,29,33)/b28-13+. The van der Waals surface area contributed by atoms with Crippen molar-refractivity contribution < 1.29 is 14.3 Å². The number of amides is 2. The molecule has 2 aromatic heterocycles. The van der Waals surface area contributed by atoms with E-state index in [9.17, 15) is 4.79 Å². The highest BCUT2D eigenvalue weighted by Crippen LogP contribution is 2.31. The number of carbonyl (C=O) groups excluding carboxylic acids is 1. The van der Waals surface area contributed by atoms with Gasteiger partial charge < -0.3 is 25.1 Å². The first-order valence-corrected chi connectivity index (χ1v) is 12.6. The van der Waals surface area contributed by atoms with Gasteiger partial charge >= 0.3 is 6.03 Å². The number of aryl methyl sites for hydroxylation is 1. The molecule has 0 bridgehead atoms. The Labute approximate surface area is 207 Å². The first kappa shape index (κ1) is 26.4. The molecule has 0 atom stereocenters. The second-order valence-corrected chi connectivity index (χ2v) is 8.80. The molecule has 0 saturated heterocycles. The maximum absolute atomic E-state index is 11.5. The summed E-state index contributed by atoms with van der Waals surface area (Å²) in [6.45, 7) is 10.5. The molecule has 0 aliphatic heterocycles. The highest BCUT2D eigenvalue weighted by molar-refractivity contribution is 6.07. The minimum Gasteiger partial charge on any atom is -0.494 e. The van der Waals surface area contributed by atoms with E-state index in [2.05, 4.69) is 26.8 Å². The first-order valence-electron chi connectivity index (χ1n) is 12.6. The van der Waals surface area contributed by atoms with Gasteiger partial charge in [0.25, 0.3) is 0 Å². The molecule has 0 fully saturated rings. The van der Waals surface area contributed by atoms with E-state index in [0.29, 0.717) is 31.2 Å². The fraction of sp³-hybridized carbons (Fsp3) is 0.538. The van der Waals surface area contributed by atoms with Crippen molar-refractivity contribution in [1.29, 1.82) is 0 Å². The molecule has 3 rings (SSSR count). The zero-order valence-electron chi connectivity index (χ0n) is 21.3. The SMILES string of the molecule is CCCn1c(COCC)nc2c(N)nc3ccc(OCCCCC/C=N/C(=O)NC(C)C)cc3c21. The minimum atomic E-state index is -0.282. The van der Waals surface area contributed by atoms with Gasteiger partial charge in [-0.25, -0.2) is 19.8 Å². The third kappa shape index (κ3) is 7.14. The summed E-state index contributed by atoms with van der Waals surface area (Å²) in [6.07, 6.45) is 6.31. The van der Waals surface area contributed by atoms with Crippen LogP contribution in [0, 0.1) is 0 Å². The monoisotopic (exact) mass is 482 g/mol. The normalized spacial score (nSPS) is 11.8. The first-order chi connectivity index (χ1) is 16.9. The van der Waals surface area contributed by atoms with E-state index in [1.54, 1.807) is 6.21 Å². The molecule has 3 N–H and O–H groups in total. The maximum Gasteiger partial charge on any atom is 0.340 e. The van der Waals surface area contributed by atoms with Gasteiger partial charge in [-0.2, -0.15) is 0 Å². The van der Waals surface area contributed by atoms with Crippen LogP contribution < -0.4 is 15.8 Å². The van der Waals surface area contributed by atoms with Gasteiger partial charge in [-0.3, -0.25) is 0 Å². The molecule has 35 heavy (non-hydrogen) atoms. The number of aliphatic imine (C=N–C) groups is 1. The quantitative estimate of drug-likeness (QED) is 0.254. The van der Waals surface area contributed by atoms with Crippen molar-refractivity contribution in [1.82, 2.24) is 19.9 Å². The van der Waals surface area contributed by atoms with Gasteiger partial charge in [-0.15, -0.1) is 0 Å². The number of hydrogen-bond acceptors (Lipinski definition) is 6. The van der Waals surface area contributed by atoms with E-state index < -0.39 is 0 Å². The van der Waals surface area contributed by atoms with Crippen LogP contribution in [0.25, 0.3) is 21.9 Å². The number of anilines is 1. The summed E-state index contributed by atoms with van der Waals surface area (Å²) < 4.78 is 13.9. The summed E-state index contributed by atoms with van der Waals surface area (Å²) in [5, 5.41) is 3.72. The number of urea groups is 1. The molecule has 1 aromatic carbocycles. The van der Waals surface area contributed by atoms with Crippen molar-refractivity contribution in [3.63, 3.8) is 0 Å². The largest absolute Gasteiger partial charge is 0.494 e. The number of fused-ring (bicyclic) bond motifs is 3. The smallest absolute Gasteiger partial charge is 0.340 e. The third-order valence-electron chi connectivity index (χ3n) is 5.50. The van der Waals surface area contributed by atoms with Crippen molar-refractivity contribution in [3.8, 4) is 5.75 Å². The third-order valence-corrected chi connectivity index (χ3v) is 5.50. The van der Waals surface area contributed by atoms with Crippen molar-refractivity contribution >= 4 is 40.0 Å². The molecule has 0 aliphatic rings. The van der Waals surface area contributed by atoms with Crippen LogP contribution in [0.1, 0.15) is 65.6 Å². The Balaban J connectivity index is 1.64. The number of rotatable bonds is 13. The van der Waals surface area contributed by atoms with Gasteiger partial charge in [0.15, 0.2) is 5.82 Å². The lowest BCUT2D eigenvalue weighted by Gasteiger charge is -2.11. The number of nitrogens with zero attached hydrogens (tertiary/aromatic N) is 4. The fourth-order valence-electron chi connectivity index (χ4n) is 3.93. The van der Waals surface area contributed by atoms with Crippen LogP contribution >= 0.6 is 0 Å². The summed E-state index contributed by atoms with van der Waals surface area (Å²) >= 11 is 0. The number of aromatic nitrogens is 3. The van der Waals surface area contributed by atoms with Crippen LogP contribution in [0.15, 0.2) is 23.2 Å². The molecule has 3 aromatic rings. The highest BCUT2D eigenvalue weighted by Gasteiger charge is 2.17. The lowest BCUT2D eigenvalue weighted by atomic mass is 10.1. The molecule has 0 aliphatic carbocycles. The van der Waals surface area contributed by atoms with E-state index in [1.807, 2.05) is 39.0 Å². The van der Waals surface area contributed by atoms with Crippen LogP contribution in [0.5, 0.6) is 5.75 Å². The summed E-state index contributed by atoms with van der Waals surface area (Å²) in [5.74, 6) is 2.09. The molecule has 2 heterocycles. The lowest BCUT2D eigenvalue weighted by Crippen LogP contribution is -2.27. The molecule has 0 unspecified atom stereocenters. The topological polar surface area (TPSA) is 117 Å². The molecule has 190 valence electrons. The number of carbonyl (C=O) groups is 1. The molecule has 9 nitrogen and oxygen atoms in total. The summed E-state index contributed by atoms with van der Waals surface area (Å²) in [6, 6.07) is 5.73. The van der Waals surface area contributed by atoms with Crippen LogP contribution in [-0.4, -0.2) is 46.0 Å². The molecular weight excluding hydrogens is 444 g/mol. The minimum absolute atomic E-state index is 0.0977. The van der Waals surface area contributed by atoms with E-state index in [1.165, 1.54) is 0 Å². The Morgan fingerprint density at radius 1 is 1.23 bits per heavy atom. The molecule has 9 heteroatoms. The number of nitrogens with two attached hydrogens (primary N) is 1. The predicted octanol–water partition coefficient (Wildman–Crippen LogP) is 5.24. The number of unbranched alkanes of at least 4 members (excludes halogenated alkanes) is 3. The van der Waals surface area contributed by atoms with Gasteiger partial charge in [-0.1, -0.05) is 6.92 Å². The number of nitrogen functional groups attached to an aromatic ring is 1. The van der Waals surface area contributed by atoms with Crippen LogP contribution in [-0.2, 0) is 17.9 Å². The Bertz CT molecular complexity index is 1160. The van der Waals surface area contributed by atoms with E-state index in [0.717, 1.165) is 66.6 Å². The van der Waals surface area contributed by atoms with Crippen LogP contribution in [0.4, 0.5) is 10.6 Å². The van der Waals surface area contributed by atoms with Crippen molar-refractivity contribution in [2.45, 2.75) is 79.0 Å². The van der Waals surface area contributed by atoms with E-state index in [4.69, 9.17) is 20.2 Å². The Hall–Kier alpha value is -3.20. The number of pyridine rings is 1. The average molecular weight is 483 g/mol. The lowest BCUT2D eigenvalue weighted by molar-refractivity contribution is 0.126. The van der Waals surface area contributed by atoms with Crippen molar-refractivity contribution in [2.75, 3.05) is 18.9 Å². The number of hydrogen-bond donors (Lipinski definition) is 2. The molecule has 0 saturated carbocycles. The number of ether oxygens (including phenoxy) is 2. The Morgan fingerprint density at radius 2 is 2.06 bits per heavy atom. The fourth-order valence-corrected chi connectivity index (χ4v) is 3.93. The van der Waals surface area contributed by atoms with E-state index in [-0.39, 0.29) is 12.1 Å². The van der Waals surface area contributed by atoms with Gasteiger partial charge in [-0.05, 0) is 71.1 Å². The van der Waals surface area contributed by atoms with Crippen LogP contribution in [0.2, 0.25) is 0 Å². The number of imidazole rings is 1. The second kappa shape index (κ2) is 13.0. The second-order valence-electron chi connectivity index (χ2n) is 8.80. The van der Waals surface area contributed by atoms with Gasteiger partial charge in [0.2, 0.25) is 0 Å². The number of nitrogens with one attached hydrogen (secondary N) is 1. The zero-order valence-corrected chi connectivity index (χ0v) is 21.3. The van der Waals surface area contributed by atoms with Gasteiger partial charge in [0.05, 0.1) is 17.6 Å². The summed E-state index contributed by atoms with van der Waals surface area (Å²) in [5.41, 5.74) is 8.78. The predicted molar refractivity (Wildman–Crippen MR) is 141 cm³/mol. The number of benzene rings is 1. The van der Waals surface area contributed by atoms with Gasteiger partial charge in [0.1, 0.15) is 23.7 Å². The Kier molecular flexibility index (Phi) is 9.84. The molecule has 0 radical (unpaired) electrons.